The van der Waals surface area contributed by atoms with Crippen LogP contribution in [0, 0.1) is 17.8 Å². The van der Waals surface area contributed by atoms with Crippen LogP contribution in [0.4, 0.5) is 0 Å². The first kappa shape index (κ1) is 13.4. The fourth-order valence-corrected chi connectivity index (χ4v) is 4.59. The van der Waals surface area contributed by atoms with Crippen LogP contribution in [0.2, 0.25) is 0 Å². The molecule has 0 spiro atoms. The van der Waals surface area contributed by atoms with Crippen molar-refractivity contribution >= 4 is 5.91 Å². The molecule has 0 heterocycles. The third-order valence-electron chi connectivity index (χ3n) is 5.73. The molecule has 3 rings (SSSR count). The van der Waals surface area contributed by atoms with Crippen LogP contribution < -0.4 is 5.32 Å². The Kier molecular flexibility index (Phi) is 3.84. The lowest BCUT2D eigenvalue weighted by Gasteiger charge is -2.32. The van der Waals surface area contributed by atoms with Crippen molar-refractivity contribution in [1.82, 2.24) is 5.32 Å². The second kappa shape index (κ2) is 5.43. The van der Waals surface area contributed by atoms with Crippen LogP contribution in [0.1, 0.15) is 64.2 Å². The molecule has 3 unspecified atom stereocenters. The van der Waals surface area contributed by atoms with E-state index >= 15 is 0 Å². The zero-order chi connectivity index (χ0) is 13.3. The summed E-state index contributed by atoms with van der Waals surface area (Å²) >= 11 is 0. The van der Waals surface area contributed by atoms with Gasteiger partial charge in [-0.1, -0.05) is 25.7 Å². The number of carbonyl (C=O) groups is 1. The van der Waals surface area contributed by atoms with Crippen LogP contribution >= 0.6 is 0 Å². The summed E-state index contributed by atoms with van der Waals surface area (Å²) in [5.74, 6) is 2.51. The second-order valence-corrected chi connectivity index (χ2v) is 7.20. The van der Waals surface area contributed by atoms with Crippen molar-refractivity contribution in [2.75, 3.05) is 6.54 Å². The summed E-state index contributed by atoms with van der Waals surface area (Å²) in [4.78, 5) is 12.0. The first-order chi connectivity index (χ1) is 9.15. The van der Waals surface area contributed by atoms with Crippen molar-refractivity contribution in [1.29, 1.82) is 0 Å². The third-order valence-corrected chi connectivity index (χ3v) is 5.73. The normalized spacial score (nSPS) is 36.4. The Hall–Kier alpha value is -0.570. The minimum atomic E-state index is -0.622. The highest BCUT2D eigenvalue weighted by Gasteiger charge is 2.40. The van der Waals surface area contributed by atoms with Gasteiger partial charge in [-0.3, -0.25) is 4.79 Å². The quantitative estimate of drug-likeness (QED) is 0.821. The predicted molar refractivity (Wildman–Crippen MR) is 74.6 cm³/mol. The van der Waals surface area contributed by atoms with E-state index in [0.717, 1.165) is 37.5 Å². The molecule has 0 aliphatic heterocycles. The summed E-state index contributed by atoms with van der Waals surface area (Å²) in [7, 11) is 0. The molecule has 3 saturated carbocycles. The lowest BCUT2D eigenvalue weighted by molar-refractivity contribution is -0.124. The standard InChI is InChI=1S/C16H27NO2/c18-15(10-14-9-12-4-5-13(14)8-12)17-11-16(19)6-2-1-3-7-16/h12-14,19H,1-11H2,(H,17,18). The molecule has 2 N–H and O–H groups in total. The Bertz CT molecular complexity index is 336. The second-order valence-electron chi connectivity index (χ2n) is 7.20. The number of fused-ring (bicyclic) bond motifs is 2. The Morgan fingerprint density at radius 2 is 1.95 bits per heavy atom. The van der Waals surface area contributed by atoms with E-state index in [-0.39, 0.29) is 5.91 Å². The minimum absolute atomic E-state index is 0.163. The van der Waals surface area contributed by atoms with Crippen LogP contribution in [0.5, 0.6) is 0 Å². The first-order valence-corrected chi connectivity index (χ1v) is 8.14. The Balaban J connectivity index is 1.41. The fraction of sp³-hybridized carbons (Fsp3) is 0.938. The van der Waals surface area contributed by atoms with E-state index in [9.17, 15) is 9.90 Å². The monoisotopic (exact) mass is 265 g/mol. The molecular formula is C16H27NO2. The molecule has 3 heteroatoms. The van der Waals surface area contributed by atoms with Gasteiger partial charge in [0.15, 0.2) is 0 Å². The average molecular weight is 265 g/mol. The Morgan fingerprint density at radius 3 is 2.58 bits per heavy atom. The highest BCUT2D eigenvalue weighted by atomic mass is 16.3. The summed E-state index contributed by atoms with van der Waals surface area (Å²) in [6.07, 6.45) is 11.2. The van der Waals surface area contributed by atoms with Crippen LogP contribution in [0.25, 0.3) is 0 Å². The van der Waals surface area contributed by atoms with E-state index in [1.807, 2.05) is 0 Å². The number of nitrogens with one attached hydrogen (secondary N) is 1. The van der Waals surface area contributed by atoms with E-state index in [1.165, 1.54) is 32.1 Å². The van der Waals surface area contributed by atoms with Gasteiger partial charge >= 0.3 is 0 Å². The molecular weight excluding hydrogens is 238 g/mol. The average Bonchev–Trinajstić information content (AvgIpc) is 3.00. The van der Waals surface area contributed by atoms with Crippen LogP contribution in [-0.4, -0.2) is 23.2 Å². The number of hydrogen-bond acceptors (Lipinski definition) is 2. The van der Waals surface area contributed by atoms with Gasteiger partial charge < -0.3 is 10.4 Å². The minimum Gasteiger partial charge on any atom is -0.388 e. The third kappa shape index (κ3) is 3.13. The molecule has 2 bridgehead atoms. The molecule has 1 amide bonds. The molecule has 108 valence electrons. The maximum Gasteiger partial charge on any atom is 0.220 e. The fourth-order valence-electron chi connectivity index (χ4n) is 4.59. The molecule has 0 saturated heterocycles. The van der Waals surface area contributed by atoms with Crippen LogP contribution in [0.3, 0.4) is 0 Å². The van der Waals surface area contributed by atoms with Crippen molar-refractivity contribution in [2.45, 2.75) is 69.8 Å². The zero-order valence-corrected chi connectivity index (χ0v) is 11.9. The van der Waals surface area contributed by atoms with E-state index in [1.54, 1.807) is 0 Å². The highest BCUT2D eigenvalue weighted by Crippen LogP contribution is 2.49. The van der Waals surface area contributed by atoms with E-state index in [4.69, 9.17) is 0 Å². The summed E-state index contributed by atoms with van der Waals surface area (Å²) in [5.41, 5.74) is -0.622. The van der Waals surface area contributed by atoms with Crippen molar-refractivity contribution in [2.24, 2.45) is 17.8 Å². The molecule has 3 nitrogen and oxygen atoms in total. The summed E-state index contributed by atoms with van der Waals surface area (Å²) < 4.78 is 0. The smallest absolute Gasteiger partial charge is 0.220 e. The number of aliphatic hydroxyl groups is 1. The van der Waals surface area contributed by atoms with Crippen LogP contribution in [-0.2, 0) is 4.79 Å². The Morgan fingerprint density at radius 1 is 1.16 bits per heavy atom. The largest absolute Gasteiger partial charge is 0.388 e. The molecule has 3 fully saturated rings. The SMILES string of the molecule is O=C(CC1CC2CCC1C2)NCC1(O)CCCCC1. The van der Waals surface area contributed by atoms with Crippen molar-refractivity contribution in [3.8, 4) is 0 Å². The van der Waals surface area contributed by atoms with Crippen LogP contribution in [0.15, 0.2) is 0 Å². The van der Waals surface area contributed by atoms with Gasteiger partial charge in [-0.05, 0) is 49.9 Å². The number of carbonyl (C=O) groups excluding carboxylic acids is 1. The van der Waals surface area contributed by atoms with Gasteiger partial charge in [0.05, 0.1) is 5.60 Å². The van der Waals surface area contributed by atoms with Gasteiger partial charge in [0, 0.05) is 13.0 Å². The van der Waals surface area contributed by atoms with Crippen molar-refractivity contribution in [3.63, 3.8) is 0 Å². The van der Waals surface area contributed by atoms with Crippen molar-refractivity contribution in [3.05, 3.63) is 0 Å². The lowest BCUT2D eigenvalue weighted by atomic mass is 9.84. The molecule has 0 aromatic rings. The molecule has 0 aromatic heterocycles. The number of amides is 1. The summed E-state index contributed by atoms with van der Waals surface area (Å²) in [5, 5.41) is 13.4. The summed E-state index contributed by atoms with van der Waals surface area (Å²) in [6.45, 7) is 0.465. The molecule has 3 atom stereocenters. The van der Waals surface area contributed by atoms with Gasteiger partial charge in [0.2, 0.25) is 5.91 Å². The molecule has 19 heavy (non-hydrogen) atoms. The van der Waals surface area contributed by atoms with E-state index in [2.05, 4.69) is 5.32 Å². The number of rotatable bonds is 4. The van der Waals surface area contributed by atoms with Gasteiger partial charge in [-0.2, -0.15) is 0 Å². The zero-order valence-electron chi connectivity index (χ0n) is 11.9. The molecule has 0 radical (unpaired) electrons. The van der Waals surface area contributed by atoms with Gasteiger partial charge in [0.1, 0.15) is 0 Å². The molecule has 3 aliphatic rings. The van der Waals surface area contributed by atoms with Gasteiger partial charge in [0.25, 0.3) is 0 Å². The maximum absolute atomic E-state index is 12.0. The van der Waals surface area contributed by atoms with E-state index in [0.29, 0.717) is 18.9 Å². The topological polar surface area (TPSA) is 49.3 Å². The first-order valence-electron chi connectivity index (χ1n) is 8.14. The highest BCUT2D eigenvalue weighted by molar-refractivity contribution is 5.76. The lowest BCUT2D eigenvalue weighted by Crippen LogP contribution is -2.44. The van der Waals surface area contributed by atoms with Gasteiger partial charge in [-0.25, -0.2) is 0 Å². The van der Waals surface area contributed by atoms with Crippen molar-refractivity contribution < 1.29 is 9.90 Å². The Labute approximate surface area is 116 Å². The summed E-state index contributed by atoms with van der Waals surface area (Å²) in [6, 6.07) is 0. The van der Waals surface area contributed by atoms with E-state index < -0.39 is 5.60 Å². The van der Waals surface area contributed by atoms with Gasteiger partial charge in [-0.15, -0.1) is 0 Å². The molecule has 3 aliphatic carbocycles. The predicted octanol–water partition coefficient (Wildman–Crippen LogP) is 2.62. The maximum atomic E-state index is 12.0. The molecule has 0 aromatic carbocycles. The number of hydrogen-bond donors (Lipinski definition) is 2.